The standard InChI is InChI=1S/C13H17N3O2/c1-5-10-11(8(2)17)6-12(9(3)18-4)16-13(10)14-7-15-16/h6-7,10-11,17H,2-3,5H2,1,4H3. The number of aliphatic hydroxyl groups is 1. The van der Waals surface area contributed by atoms with Crippen LogP contribution in [0, 0.1) is 5.92 Å². The van der Waals surface area contributed by atoms with Crippen molar-refractivity contribution >= 4 is 5.70 Å². The van der Waals surface area contributed by atoms with Gasteiger partial charge in [0.25, 0.3) is 0 Å². The Morgan fingerprint density at radius 2 is 2.28 bits per heavy atom. The maximum absolute atomic E-state index is 9.75. The molecule has 5 heteroatoms. The van der Waals surface area contributed by atoms with Gasteiger partial charge in [0.1, 0.15) is 23.6 Å². The van der Waals surface area contributed by atoms with E-state index in [1.807, 2.05) is 13.0 Å². The van der Waals surface area contributed by atoms with Gasteiger partial charge in [-0.15, -0.1) is 0 Å². The number of aliphatic hydroxyl groups excluding tert-OH is 1. The number of fused-ring (bicyclic) bond motifs is 1. The summed E-state index contributed by atoms with van der Waals surface area (Å²) in [5, 5.41) is 13.9. The highest BCUT2D eigenvalue weighted by Crippen LogP contribution is 2.38. The van der Waals surface area contributed by atoms with E-state index in [2.05, 4.69) is 23.2 Å². The van der Waals surface area contributed by atoms with E-state index in [1.165, 1.54) is 6.33 Å². The van der Waals surface area contributed by atoms with Gasteiger partial charge < -0.3 is 9.84 Å². The smallest absolute Gasteiger partial charge is 0.138 e. The van der Waals surface area contributed by atoms with Crippen LogP contribution in [0.1, 0.15) is 25.1 Å². The van der Waals surface area contributed by atoms with Crippen molar-refractivity contribution in [1.29, 1.82) is 0 Å². The zero-order valence-electron chi connectivity index (χ0n) is 10.6. The number of aromatic nitrogens is 3. The van der Waals surface area contributed by atoms with Crippen molar-refractivity contribution in [3.8, 4) is 0 Å². The van der Waals surface area contributed by atoms with Crippen LogP contribution in [0.25, 0.3) is 5.70 Å². The predicted octanol–water partition coefficient (Wildman–Crippen LogP) is 2.47. The molecule has 1 aromatic rings. The molecule has 1 N–H and O–H groups in total. The fourth-order valence-electron chi connectivity index (χ4n) is 2.29. The van der Waals surface area contributed by atoms with E-state index in [0.717, 1.165) is 12.2 Å². The van der Waals surface area contributed by atoms with E-state index >= 15 is 0 Å². The molecule has 0 aliphatic carbocycles. The molecule has 0 aromatic carbocycles. The Kier molecular flexibility index (Phi) is 3.23. The average Bonchev–Trinajstić information content (AvgIpc) is 2.84. The largest absolute Gasteiger partial charge is 0.512 e. The Morgan fingerprint density at radius 3 is 2.83 bits per heavy atom. The van der Waals surface area contributed by atoms with E-state index < -0.39 is 0 Å². The van der Waals surface area contributed by atoms with Gasteiger partial charge in [-0.05, 0) is 12.5 Å². The summed E-state index contributed by atoms with van der Waals surface area (Å²) in [5.41, 5.74) is 0.704. The summed E-state index contributed by atoms with van der Waals surface area (Å²) in [6, 6.07) is 0. The van der Waals surface area contributed by atoms with E-state index in [9.17, 15) is 5.11 Å². The molecule has 0 amide bonds. The first-order valence-electron chi connectivity index (χ1n) is 5.83. The molecule has 0 saturated heterocycles. The Hall–Kier alpha value is -2.04. The first kappa shape index (κ1) is 12.4. The van der Waals surface area contributed by atoms with Gasteiger partial charge >= 0.3 is 0 Å². The molecule has 0 fully saturated rings. The van der Waals surface area contributed by atoms with Crippen molar-refractivity contribution in [1.82, 2.24) is 14.8 Å². The van der Waals surface area contributed by atoms with Crippen LogP contribution in [-0.4, -0.2) is 27.0 Å². The number of rotatable bonds is 4. The van der Waals surface area contributed by atoms with Crippen molar-refractivity contribution in [3.63, 3.8) is 0 Å². The molecule has 1 aliphatic heterocycles. The minimum atomic E-state index is -0.186. The van der Waals surface area contributed by atoms with Crippen molar-refractivity contribution < 1.29 is 9.84 Å². The normalized spacial score (nSPS) is 22.0. The van der Waals surface area contributed by atoms with Gasteiger partial charge in [0.2, 0.25) is 0 Å². The maximum Gasteiger partial charge on any atom is 0.138 e. The third-order valence-corrected chi connectivity index (χ3v) is 3.26. The molecule has 18 heavy (non-hydrogen) atoms. The van der Waals surface area contributed by atoms with Gasteiger partial charge in [0.15, 0.2) is 0 Å². The molecule has 5 nitrogen and oxygen atoms in total. The molecule has 0 radical (unpaired) electrons. The van der Waals surface area contributed by atoms with Gasteiger partial charge in [-0.25, -0.2) is 9.67 Å². The van der Waals surface area contributed by atoms with Crippen LogP contribution in [0.3, 0.4) is 0 Å². The zero-order valence-corrected chi connectivity index (χ0v) is 10.6. The Bertz CT molecular complexity index is 516. The number of nitrogens with zero attached hydrogens (tertiary/aromatic N) is 3. The van der Waals surface area contributed by atoms with E-state index in [4.69, 9.17) is 4.74 Å². The topological polar surface area (TPSA) is 60.2 Å². The first-order valence-corrected chi connectivity index (χ1v) is 5.83. The minimum Gasteiger partial charge on any atom is -0.512 e. The fourth-order valence-corrected chi connectivity index (χ4v) is 2.29. The van der Waals surface area contributed by atoms with Gasteiger partial charge in [0.05, 0.1) is 12.9 Å². The summed E-state index contributed by atoms with van der Waals surface area (Å²) in [6.07, 6.45) is 4.22. The number of ether oxygens (including phenoxy) is 1. The number of hydrogen-bond donors (Lipinski definition) is 1. The van der Waals surface area contributed by atoms with Crippen molar-refractivity contribution in [2.75, 3.05) is 7.11 Å². The van der Waals surface area contributed by atoms with Crippen molar-refractivity contribution in [2.45, 2.75) is 19.3 Å². The number of allylic oxidation sites excluding steroid dienone is 2. The van der Waals surface area contributed by atoms with Crippen molar-refractivity contribution in [2.24, 2.45) is 5.92 Å². The Labute approximate surface area is 106 Å². The molecule has 96 valence electrons. The van der Waals surface area contributed by atoms with Crippen LogP contribution >= 0.6 is 0 Å². The van der Waals surface area contributed by atoms with Gasteiger partial charge in [-0.3, -0.25) is 0 Å². The van der Waals surface area contributed by atoms with E-state index in [1.54, 1.807) is 11.8 Å². The van der Waals surface area contributed by atoms with Crippen LogP contribution in [0.15, 0.2) is 37.1 Å². The highest BCUT2D eigenvalue weighted by atomic mass is 16.5. The average molecular weight is 247 g/mol. The summed E-state index contributed by atoms with van der Waals surface area (Å²) in [6.45, 7) is 9.51. The van der Waals surface area contributed by atoms with Gasteiger partial charge in [-0.2, -0.15) is 5.10 Å². The highest BCUT2D eigenvalue weighted by Gasteiger charge is 2.33. The number of methoxy groups -OCH3 is 1. The van der Waals surface area contributed by atoms with Crippen molar-refractivity contribution in [3.05, 3.63) is 42.9 Å². The lowest BCUT2D eigenvalue weighted by Crippen LogP contribution is -2.24. The predicted molar refractivity (Wildman–Crippen MR) is 68.7 cm³/mol. The SMILES string of the molecule is C=C(OC)C1=CC(C(=C)O)C(CC)c2ncnn21. The summed E-state index contributed by atoms with van der Waals surface area (Å²) in [7, 11) is 1.55. The molecule has 2 atom stereocenters. The lowest BCUT2D eigenvalue weighted by molar-refractivity contribution is 0.298. The minimum absolute atomic E-state index is 0.0680. The highest BCUT2D eigenvalue weighted by molar-refractivity contribution is 5.63. The lowest BCUT2D eigenvalue weighted by Gasteiger charge is -2.28. The summed E-state index contributed by atoms with van der Waals surface area (Å²) in [5.74, 6) is 1.29. The second-order valence-corrected chi connectivity index (χ2v) is 4.24. The van der Waals surface area contributed by atoms with E-state index in [-0.39, 0.29) is 17.6 Å². The van der Waals surface area contributed by atoms with Crippen LogP contribution < -0.4 is 0 Å². The molecule has 2 heterocycles. The second-order valence-electron chi connectivity index (χ2n) is 4.24. The monoisotopic (exact) mass is 247 g/mol. The summed E-state index contributed by atoms with van der Waals surface area (Å²) >= 11 is 0. The van der Waals surface area contributed by atoms with Gasteiger partial charge in [0, 0.05) is 11.8 Å². The number of hydrogen-bond acceptors (Lipinski definition) is 4. The summed E-state index contributed by atoms with van der Waals surface area (Å²) in [4.78, 5) is 4.27. The van der Waals surface area contributed by atoms with Crippen LogP contribution in [-0.2, 0) is 4.74 Å². The Balaban J connectivity index is 2.54. The zero-order chi connectivity index (χ0) is 13.3. The molecule has 0 saturated carbocycles. The second kappa shape index (κ2) is 4.68. The summed E-state index contributed by atoms with van der Waals surface area (Å²) < 4.78 is 6.86. The van der Waals surface area contributed by atoms with Crippen LogP contribution in [0.4, 0.5) is 0 Å². The third kappa shape index (κ3) is 1.81. The quantitative estimate of drug-likeness (QED) is 0.830. The molecular formula is C13H17N3O2. The van der Waals surface area contributed by atoms with Crippen LogP contribution in [0.5, 0.6) is 0 Å². The molecule has 1 aliphatic rings. The molecule has 2 unspecified atom stereocenters. The molecule has 2 rings (SSSR count). The molecule has 0 spiro atoms. The molecule has 0 bridgehead atoms. The van der Waals surface area contributed by atoms with Crippen LogP contribution in [0.2, 0.25) is 0 Å². The fraction of sp³-hybridized carbons (Fsp3) is 0.385. The molecular weight excluding hydrogens is 230 g/mol. The maximum atomic E-state index is 9.75. The molecule has 1 aromatic heterocycles. The van der Waals surface area contributed by atoms with E-state index in [0.29, 0.717) is 11.5 Å². The van der Waals surface area contributed by atoms with Gasteiger partial charge in [-0.1, -0.05) is 20.1 Å². The third-order valence-electron chi connectivity index (χ3n) is 3.26. The first-order chi connectivity index (χ1) is 8.60. The lowest BCUT2D eigenvalue weighted by atomic mass is 9.85. The Morgan fingerprint density at radius 1 is 1.56 bits per heavy atom.